The number of fused-ring (bicyclic) bond motifs is 1. The third-order valence-corrected chi connectivity index (χ3v) is 6.19. The first-order valence-corrected chi connectivity index (χ1v) is 11.8. The molecular weight excluding hydrogens is 448 g/mol. The summed E-state index contributed by atoms with van der Waals surface area (Å²) >= 11 is 0. The first kappa shape index (κ1) is 26.0. The van der Waals surface area contributed by atoms with Crippen molar-refractivity contribution in [3.63, 3.8) is 0 Å². The van der Waals surface area contributed by atoms with E-state index in [1.807, 2.05) is 20.8 Å². The van der Waals surface area contributed by atoms with Crippen molar-refractivity contribution < 1.29 is 19.1 Å². The van der Waals surface area contributed by atoms with Crippen LogP contribution in [0, 0.1) is 22.7 Å². The third kappa shape index (κ3) is 6.29. The molecule has 0 saturated carbocycles. The maximum atomic E-state index is 13.3. The molecule has 1 aliphatic rings. The molecule has 0 unspecified atom stereocenters. The quantitative estimate of drug-likeness (QED) is 0.526. The maximum Gasteiger partial charge on any atom is 0.268 e. The highest BCUT2D eigenvalue weighted by Gasteiger charge is 2.31. The van der Waals surface area contributed by atoms with Gasteiger partial charge in [-0.2, -0.15) is 5.26 Å². The molecule has 1 fully saturated rings. The number of methoxy groups -OCH3 is 1. The Hall–Kier alpha value is -3.61. The molecule has 1 aliphatic heterocycles. The van der Waals surface area contributed by atoms with Gasteiger partial charge in [0.25, 0.3) is 5.91 Å². The van der Waals surface area contributed by atoms with E-state index in [2.05, 4.69) is 27.0 Å². The van der Waals surface area contributed by atoms with E-state index >= 15 is 0 Å². The lowest BCUT2D eigenvalue weighted by molar-refractivity contribution is -0.128. The molecule has 0 spiro atoms. The van der Waals surface area contributed by atoms with Gasteiger partial charge >= 0.3 is 0 Å². The van der Waals surface area contributed by atoms with Gasteiger partial charge in [-0.25, -0.2) is 4.98 Å². The number of hydrogen-bond acceptors (Lipinski definition) is 6. The van der Waals surface area contributed by atoms with Crippen LogP contribution in [-0.2, 0) is 16.6 Å². The zero-order chi connectivity index (χ0) is 25.8. The van der Waals surface area contributed by atoms with Gasteiger partial charge < -0.3 is 25.3 Å². The lowest BCUT2D eigenvalue weighted by Gasteiger charge is -2.28. The molecule has 0 radical (unpaired) electrons. The van der Waals surface area contributed by atoms with Crippen molar-refractivity contribution in [2.75, 3.05) is 13.7 Å². The number of aryl methyl sites for hydroxylation is 1. The monoisotopic (exact) mass is 482 g/mol. The van der Waals surface area contributed by atoms with E-state index in [0.717, 1.165) is 11.9 Å². The summed E-state index contributed by atoms with van der Waals surface area (Å²) in [6.07, 6.45) is 3.73. The lowest BCUT2D eigenvalue weighted by atomic mass is 9.87. The summed E-state index contributed by atoms with van der Waals surface area (Å²) < 4.78 is 7.03. The van der Waals surface area contributed by atoms with Crippen LogP contribution in [0.4, 0.5) is 0 Å². The average Bonchev–Trinajstić information content (AvgIpc) is 3.15. The van der Waals surface area contributed by atoms with Gasteiger partial charge in [0.2, 0.25) is 17.7 Å². The van der Waals surface area contributed by atoms with Gasteiger partial charge in [-0.3, -0.25) is 14.4 Å². The molecular formula is C25H34N6O4. The highest BCUT2D eigenvalue weighted by molar-refractivity contribution is 6.01. The fraction of sp³-hybridized carbons (Fsp3) is 0.560. The minimum absolute atomic E-state index is 0.0917. The van der Waals surface area contributed by atoms with Gasteiger partial charge in [0, 0.05) is 25.7 Å². The van der Waals surface area contributed by atoms with Crippen molar-refractivity contribution >= 4 is 28.6 Å². The van der Waals surface area contributed by atoms with Crippen LogP contribution in [0.25, 0.3) is 10.9 Å². The summed E-state index contributed by atoms with van der Waals surface area (Å²) in [6, 6.07) is 3.87. The second-order valence-electron chi connectivity index (χ2n) is 10.2. The zero-order valence-corrected chi connectivity index (χ0v) is 21.0. The van der Waals surface area contributed by atoms with E-state index in [-0.39, 0.29) is 23.7 Å². The number of amides is 3. The largest absolute Gasteiger partial charge is 0.481 e. The summed E-state index contributed by atoms with van der Waals surface area (Å²) in [4.78, 5) is 42.8. The molecule has 3 atom stereocenters. The predicted molar refractivity (Wildman–Crippen MR) is 130 cm³/mol. The first-order valence-electron chi connectivity index (χ1n) is 11.8. The minimum atomic E-state index is -0.864. The molecule has 2 aromatic heterocycles. The molecule has 0 aliphatic carbocycles. The highest BCUT2D eigenvalue weighted by Crippen LogP contribution is 2.27. The van der Waals surface area contributed by atoms with Crippen molar-refractivity contribution in [2.24, 2.45) is 18.4 Å². The summed E-state index contributed by atoms with van der Waals surface area (Å²) in [5.41, 5.74) is 0.857. The second-order valence-corrected chi connectivity index (χ2v) is 10.2. The number of piperidine rings is 1. The maximum absolute atomic E-state index is 13.3. The zero-order valence-electron chi connectivity index (χ0n) is 21.0. The number of rotatable bonds is 8. The normalized spacial score (nSPS) is 17.7. The van der Waals surface area contributed by atoms with Gasteiger partial charge in [0.05, 0.1) is 24.1 Å². The number of carbonyl (C=O) groups is 3. The van der Waals surface area contributed by atoms with E-state index in [1.54, 1.807) is 29.9 Å². The summed E-state index contributed by atoms with van der Waals surface area (Å²) in [5.74, 6) is -0.871. The molecule has 3 rings (SSSR count). The molecule has 188 valence electrons. The summed E-state index contributed by atoms with van der Waals surface area (Å²) in [7, 11) is 3.28. The number of pyridine rings is 1. The van der Waals surface area contributed by atoms with E-state index < -0.39 is 23.9 Å². The third-order valence-electron chi connectivity index (χ3n) is 6.19. The minimum Gasteiger partial charge on any atom is -0.481 e. The Morgan fingerprint density at radius 3 is 2.74 bits per heavy atom. The topological polar surface area (TPSA) is 138 Å². The number of nitriles is 1. The first-order chi connectivity index (χ1) is 16.5. The SMILES string of the molecule is COc1nccc2c1cc(C(=O)N[C@@H](CC(C)(C)C)C(=O)N[C@H](C#N)C[C@@H]1CCCNC1=O)n2C. The predicted octanol–water partition coefficient (Wildman–Crippen LogP) is 2.04. The number of nitrogens with zero attached hydrogens (tertiary/aromatic N) is 3. The molecule has 10 nitrogen and oxygen atoms in total. The van der Waals surface area contributed by atoms with Gasteiger partial charge in [-0.15, -0.1) is 0 Å². The number of carbonyl (C=O) groups excluding carboxylic acids is 3. The molecule has 10 heteroatoms. The number of aromatic nitrogens is 2. The van der Waals surface area contributed by atoms with Crippen LogP contribution in [0.1, 0.15) is 56.9 Å². The van der Waals surface area contributed by atoms with Crippen molar-refractivity contribution in [2.45, 2.75) is 58.5 Å². The van der Waals surface area contributed by atoms with Crippen LogP contribution in [0.5, 0.6) is 5.88 Å². The molecule has 0 bridgehead atoms. The summed E-state index contributed by atoms with van der Waals surface area (Å²) in [5, 5.41) is 18.7. The van der Waals surface area contributed by atoms with Crippen LogP contribution in [0.15, 0.2) is 18.3 Å². The molecule has 3 N–H and O–H groups in total. The van der Waals surface area contributed by atoms with Crippen molar-refractivity contribution in [1.29, 1.82) is 5.26 Å². The standard InChI is InChI=1S/C25H34N6O4/c1-25(2,3)13-18(22(33)29-16(14-26)11-15-7-6-9-27-21(15)32)30-23(34)20-12-17-19(31(20)4)8-10-28-24(17)35-5/h8,10,12,15-16,18H,6-7,9,11,13H2,1-5H3,(H,27,32)(H,29,33)(H,30,34)/t15-,16-,18-/m0/s1. The van der Waals surface area contributed by atoms with E-state index in [1.165, 1.54) is 7.11 Å². The average molecular weight is 483 g/mol. The molecule has 3 heterocycles. The Morgan fingerprint density at radius 2 is 2.11 bits per heavy atom. The number of ether oxygens (including phenoxy) is 1. The fourth-order valence-corrected chi connectivity index (χ4v) is 4.43. The van der Waals surface area contributed by atoms with Crippen LogP contribution >= 0.6 is 0 Å². The van der Waals surface area contributed by atoms with Gasteiger partial charge in [0.15, 0.2) is 0 Å². The van der Waals surface area contributed by atoms with Crippen molar-refractivity contribution in [3.8, 4) is 11.9 Å². The smallest absolute Gasteiger partial charge is 0.268 e. The highest BCUT2D eigenvalue weighted by atomic mass is 16.5. The van der Waals surface area contributed by atoms with Crippen LogP contribution in [0.3, 0.4) is 0 Å². The fourth-order valence-electron chi connectivity index (χ4n) is 4.43. The van der Waals surface area contributed by atoms with Gasteiger partial charge in [-0.1, -0.05) is 20.8 Å². The van der Waals surface area contributed by atoms with E-state index in [9.17, 15) is 19.6 Å². The molecule has 1 saturated heterocycles. The molecule has 35 heavy (non-hydrogen) atoms. The number of nitrogens with one attached hydrogen (secondary N) is 3. The molecule has 2 aromatic rings. The lowest BCUT2D eigenvalue weighted by Crippen LogP contribution is -2.51. The molecule has 0 aromatic carbocycles. The Balaban J connectivity index is 1.78. The second kappa shape index (κ2) is 10.8. The van der Waals surface area contributed by atoms with Crippen molar-refractivity contribution in [1.82, 2.24) is 25.5 Å². The summed E-state index contributed by atoms with van der Waals surface area (Å²) in [6.45, 7) is 6.55. The van der Waals surface area contributed by atoms with Crippen LogP contribution < -0.4 is 20.7 Å². The van der Waals surface area contributed by atoms with E-state index in [0.29, 0.717) is 36.3 Å². The number of hydrogen-bond donors (Lipinski definition) is 3. The van der Waals surface area contributed by atoms with Gasteiger partial charge in [-0.05, 0) is 43.2 Å². The Labute approximate surface area is 205 Å². The van der Waals surface area contributed by atoms with E-state index in [4.69, 9.17) is 4.74 Å². The Bertz CT molecular complexity index is 1140. The van der Waals surface area contributed by atoms with Crippen LogP contribution in [0.2, 0.25) is 0 Å². The van der Waals surface area contributed by atoms with Crippen molar-refractivity contribution in [3.05, 3.63) is 24.0 Å². The Kier molecular flexibility index (Phi) is 7.99. The molecule has 3 amide bonds. The van der Waals surface area contributed by atoms with Gasteiger partial charge in [0.1, 0.15) is 17.8 Å². The Morgan fingerprint density at radius 1 is 1.37 bits per heavy atom. The van der Waals surface area contributed by atoms with Crippen LogP contribution in [-0.4, -0.2) is 53.0 Å².